The molecule has 0 N–H and O–H groups in total. The van der Waals surface area contributed by atoms with Gasteiger partial charge in [-0.1, -0.05) is 40.6 Å². The monoisotopic (exact) mass is 341 g/mol. The van der Waals surface area contributed by atoms with Crippen molar-refractivity contribution in [3.63, 3.8) is 0 Å². The normalized spacial score (nSPS) is 22.2. The number of hydrogen-bond donors (Lipinski definition) is 0. The van der Waals surface area contributed by atoms with Crippen LogP contribution < -0.4 is 0 Å². The maximum Gasteiger partial charge on any atom is 0.233 e. The summed E-state index contributed by atoms with van der Waals surface area (Å²) in [5, 5.41) is 7.44. The molecule has 3 atom stereocenters. The summed E-state index contributed by atoms with van der Waals surface area (Å²) in [6.45, 7) is 5.46. The van der Waals surface area contributed by atoms with E-state index in [0.717, 1.165) is 5.56 Å². The topological polar surface area (TPSA) is 118 Å². The van der Waals surface area contributed by atoms with E-state index in [4.69, 9.17) is 11.1 Å². The van der Waals surface area contributed by atoms with E-state index in [9.17, 15) is 4.79 Å². The third-order valence-corrected chi connectivity index (χ3v) is 4.99. The highest BCUT2D eigenvalue weighted by atomic mass is 16.2. The van der Waals surface area contributed by atoms with Gasteiger partial charge in [0.2, 0.25) is 5.91 Å². The summed E-state index contributed by atoms with van der Waals surface area (Å²) in [7, 11) is 0. The van der Waals surface area contributed by atoms with E-state index in [1.165, 1.54) is 0 Å². The standard InChI is InChI=1S/C17H23N7O/c1-3-24(4-2)16(25)17(13-8-6-5-7-9-13)12-14(17)15(21-23-19)10-11-20-22-18/h5-9,14-15H,3-4,10-12H2,1-2H3/t14-,15+,17+/m0/s1. The SMILES string of the molecule is CCN(CC)C(=O)[C@@]1(c2ccccc2)C[C@H]1[C@@H](CCN=[N+]=[N-])N=[N+]=[N-]. The molecule has 0 radical (unpaired) electrons. The second-order valence-corrected chi connectivity index (χ2v) is 6.14. The predicted octanol–water partition coefficient (Wildman–Crippen LogP) is 4.19. The molecule has 0 unspecified atom stereocenters. The molecule has 1 aliphatic rings. The zero-order valence-corrected chi connectivity index (χ0v) is 14.6. The van der Waals surface area contributed by atoms with Crippen LogP contribution in [0.3, 0.4) is 0 Å². The lowest BCUT2D eigenvalue weighted by molar-refractivity contribution is -0.134. The number of nitrogens with zero attached hydrogens (tertiary/aromatic N) is 7. The van der Waals surface area contributed by atoms with Crippen molar-refractivity contribution in [1.29, 1.82) is 0 Å². The van der Waals surface area contributed by atoms with Gasteiger partial charge >= 0.3 is 0 Å². The van der Waals surface area contributed by atoms with Crippen molar-refractivity contribution in [3.8, 4) is 0 Å². The highest BCUT2D eigenvalue weighted by Crippen LogP contribution is 2.58. The van der Waals surface area contributed by atoms with E-state index < -0.39 is 5.41 Å². The van der Waals surface area contributed by atoms with E-state index in [0.29, 0.717) is 25.9 Å². The quantitative estimate of drug-likeness (QED) is 0.373. The Morgan fingerprint density at radius 3 is 2.52 bits per heavy atom. The molecule has 1 aliphatic carbocycles. The molecule has 25 heavy (non-hydrogen) atoms. The smallest absolute Gasteiger partial charge is 0.233 e. The van der Waals surface area contributed by atoms with Crippen LogP contribution in [-0.4, -0.2) is 36.5 Å². The summed E-state index contributed by atoms with van der Waals surface area (Å²) in [5.74, 6) is 0.00316. The Bertz CT molecular complexity index is 690. The Morgan fingerprint density at radius 1 is 1.28 bits per heavy atom. The number of carbonyl (C=O) groups excluding carboxylic acids is 1. The van der Waals surface area contributed by atoms with Crippen LogP contribution in [0.4, 0.5) is 0 Å². The maximum absolute atomic E-state index is 13.2. The first-order valence-electron chi connectivity index (χ1n) is 8.55. The Hall–Kier alpha value is -2.69. The largest absolute Gasteiger partial charge is 0.342 e. The van der Waals surface area contributed by atoms with Gasteiger partial charge in [-0.15, -0.1) is 0 Å². The minimum absolute atomic E-state index is 0.0761. The van der Waals surface area contributed by atoms with Crippen LogP contribution in [0.1, 0.15) is 32.3 Å². The summed E-state index contributed by atoms with van der Waals surface area (Å²) >= 11 is 0. The van der Waals surface area contributed by atoms with Gasteiger partial charge in [0.1, 0.15) is 0 Å². The summed E-state index contributed by atoms with van der Waals surface area (Å²) in [6, 6.07) is 9.32. The van der Waals surface area contributed by atoms with E-state index in [-0.39, 0.29) is 24.4 Å². The van der Waals surface area contributed by atoms with E-state index >= 15 is 0 Å². The van der Waals surface area contributed by atoms with E-state index in [1.54, 1.807) is 0 Å². The van der Waals surface area contributed by atoms with Gasteiger partial charge in [0.25, 0.3) is 0 Å². The molecule has 0 heterocycles. The van der Waals surface area contributed by atoms with Gasteiger partial charge in [-0.2, -0.15) is 0 Å². The molecule has 2 rings (SSSR count). The Labute approximate surface area is 147 Å². The number of hydrogen-bond acceptors (Lipinski definition) is 3. The zero-order valence-electron chi connectivity index (χ0n) is 14.6. The molecule has 1 aromatic rings. The van der Waals surface area contributed by atoms with Crippen molar-refractivity contribution >= 4 is 5.91 Å². The van der Waals surface area contributed by atoms with Gasteiger partial charge in [-0.05, 0) is 49.2 Å². The summed E-state index contributed by atoms with van der Waals surface area (Å²) in [6.07, 6.45) is 1.09. The van der Waals surface area contributed by atoms with E-state index in [1.807, 2.05) is 49.1 Å². The molecule has 1 aromatic carbocycles. The minimum Gasteiger partial charge on any atom is -0.342 e. The summed E-state index contributed by atoms with van der Waals surface area (Å²) in [4.78, 5) is 20.8. The fraction of sp³-hybridized carbons (Fsp3) is 0.588. The predicted molar refractivity (Wildman–Crippen MR) is 95.7 cm³/mol. The molecule has 0 aromatic heterocycles. The van der Waals surface area contributed by atoms with Crippen molar-refractivity contribution < 1.29 is 4.79 Å². The van der Waals surface area contributed by atoms with Crippen LogP contribution in [0.25, 0.3) is 20.9 Å². The molecule has 8 nitrogen and oxygen atoms in total. The molecule has 132 valence electrons. The van der Waals surface area contributed by atoms with Crippen LogP contribution in [0.15, 0.2) is 40.6 Å². The highest BCUT2D eigenvalue weighted by Gasteiger charge is 2.63. The molecule has 0 spiro atoms. The van der Waals surface area contributed by atoms with Crippen molar-refractivity contribution in [2.24, 2.45) is 16.1 Å². The van der Waals surface area contributed by atoms with Gasteiger partial charge in [-0.3, -0.25) is 4.79 Å². The highest BCUT2D eigenvalue weighted by molar-refractivity contribution is 5.92. The lowest BCUT2D eigenvalue weighted by atomic mass is 9.88. The second kappa shape index (κ2) is 8.42. The van der Waals surface area contributed by atoms with Crippen molar-refractivity contribution in [3.05, 3.63) is 56.8 Å². The van der Waals surface area contributed by atoms with Crippen LogP contribution in [0.2, 0.25) is 0 Å². The van der Waals surface area contributed by atoms with Gasteiger partial charge in [0, 0.05) is 35.5 Å². The maximum atomic E-state index is 13.2. The van der Waals surface area contributed by atoms with Gasteiger partial charge in [-0.25, -0.2) is 0 Å². The summed E-state index contributed by atoms with van der Waals surface area (Å²) < 4.78 is 0. The fourth-order valence-corrected chi connectivity index (χ4v) is 3.62. The fourth-order valence-electron chi connectivity index (χ4n) is 3.62. The van der Waals surface area contributed by atoms with Gasteiger partial charge < -0.3 is 4.90 Å². The molecule has 1 amide bonds. The molecule has 1 saturated carbocycles. The molecule has 0 bridgehead atoms. The number of likely N-dealkylation sites (N-methyl/N-ethyl adjacent to an activating group) is 1. The lowest BCUT2D eigenvalue weighted by Crippen LogP contribution is -2.41. The van der Waals surface area contributed by atoms with Gasteiger partial charge in [0.05, 0.1) is 5.41 Å². The Balaban J connectivity index is 2.36. The second-order valence-electron chi connectivity index (χ2n) is 6.14. The average Bonchev–Trinajstić information content (AvgIpc) is 3.39. The Kier molecular flexibility index (Phi) is 6.28. The van der Waals surface area contributed by atoms with Crippen molar-refractivity contribution in [2.75, 3.05) is 19.6 Å². The molecular formula is C17H23N7O. The first kappa shape index (κ1) is 18.6. The lowest BCUT2D eigenvalue weighted by Gasteiger charge is -2.27. The van der Waals surface area contributed by atoms with Crippen molar-refractivity contribution in [2.45, 2.75) is 38.1 Å². The van der Waals surface area contributed by atoms with Crippen LogP contribution in [0, 0.1) is 5.92 Å². The third-order valence-electron chi connectivity index (χ3n) is 4.99. The first-order valence-corrected chi connectivity index (χ1v) is 8.55. The molecule has 0 aliphatic heterocycles. The number of azide groups is 2. The Morgan fingerprint density at radius 2 is 1.96 bits per heavy atom. The molecular weight excluding hydrogens is 318 g/mol. The van der Waals surface area contributed by atoms with Crippen LogP contribution in [-0.2, 0) is 10.2 Å². The number of carbonyl (C=O) groups is 1. The van der Waals surface area contributed by atoms with Crippen molar-refractivity contribution in [1.82, 2.24) is 4.90 Å². The number of amides is 1. The minimum atomic E-state index is -0.650. The average molecular weight is 341 g/mol. The molecule has 8 heteroatoms. The number of rotatable bonds is 9. The zero-order chi connectivity index (χ0) is 18.3. The van der Waals surface area contributed by atoms with Crippen LogP contribution in [0.5, 0.6) is 0 Å². The molecule has 0 saturated heterocycles. The van der Waals surface area contributed by atoms with Crippen LogP contribution >= 0.6 is 0 Å². The first-order chi connectivity index (χ1) is 12.1. The molecule has 1 fully saturated rings. The van der Waals surface area contributed by atoms with E-state index in [2.05, 4.69) is 20.1 Å². The third kappa shape index (κ3) is 3.71. The van der Waals surface area contributed by atoms with Gasteiger partial charge in [0.15, 0.2) is 0 Å². The summed E-state index contributed by atoms with van der Waals surface area (Å²) in [5.41, 5.74) is 17.7. The number of benzene rings is 1.